The normalized spacial score (nSPS) is 22.2. The Balaban J connectivity index is 1.62. The molecule has 2 aromatic rings. The first-order valence-corrected chi connectivity index (χ1v) is 15.0. The van der Waals surface area contributed by atoms with Gasteiger partial charge < -0.3 is 10.2 Å². The predicted molar refractivity (Wildman–Crippen MR) is 161 cm³/mol. The number of benzene rings is 2. The Morgan fingerprint density at radius 1 is 1.08 bits per heavy atom. The van der Waals surface area contributed by atoms with Crippen LogP contribution in [0.5, 0.6) is 0 Å². The number of halogens is 2. The van der Waals surface area contributed by atoms with E-state index < -0.39 is 5.66 Å². The minimum absolute atomic E-state index is 0.0667. The lowest BCUT2D eigenvalue weighted by Crippen LogP contribution is -2.50. The van der Waals surface area contributed by atoms with Crippen LogP contribution in [0.3, 0.4) is 0 Å². The second-order valence-corrected chi connectivity index (χ2v) is 13.1. The molecule has 4 rings (SSSR count). The first kappa shape index (κ1) is 29.6. The van der Waals surface area contributed by atoms with Gasteiger partial charge in [0.2, 0.25) is 0 Å². The SMILES string of the molecule is CCCCCNC(=O)c1ccc(C(C)N2C(=O)C(c3cc(Cl)cc(Cl)c3)=NC23CCC(C(C)(C)C)CC3)cc1. The lowest BCUT2D eigenvalue weighted by atomic mass is 9.69. The van der Waals surface area contributed by atoms with E-state index in [0.717, 1.165) is 50.5 Å². The van der Waals surface area contributed by atoms with Crippen molar-refractivity contribution in [3.8, 4) is 0 Å². The highest BCUT2D eigenvalue weighted by Crippen LogP contribution is 2.49. The largest absolute Gasteiger partial charge is 0.352 e. The number of nitrogens with one attached hydrogen (secondary N) is 1. The van der Waals surface area contributed by atoms with E-state index in [0.29, 0.717) is 39.3 Å². The van der Waals surface area contributed by atoms with Crippen molar-refractivity contribution in [1.29, 1.82) is 0 Å². The van der Waals surface area contributed by atoms with Crippen LogP contribution >= 0.6 is 23.2 Å². The number of unbranched alkanes of at least 4 members (excludes halogenated alkanes) is 2. The summed E-state index contributed by atoms with van der Waals surface area (Å²) in [5, 5.41) is 3.96. The quantitative estimate of drug-likeness (QED) is 0.325. The van der Waals surface area contributed by atoms with E-state index in [9.17, 15) is 9.59 Å². The summed E-state index contributed by atoms with van der Waals surface area (Å²) in [6, 6.07) is 12.6. The molecule has 1 spiro atoms. The number of rotatable bonds is 8. The molecule has 0 saturated heterocycles. The summed E-state index contributed by atoms with van der Waals surface area (Å²) >= 11 is 12.6. The minimum atomic E-state index is -0.613. The van der Waals surface area contributed by atoms with Gasteiger partial charge in [-0.25, -0.2) is 0 Å². The zero-order valence-electron chi connectivity index (χ0n) is 23.8. The molecule has 7 heteroatoms. The fraction of sp³-hybridized carbons (Fsp3) is 0.531. The molecule has 2 aliphatic rings. The summed E-state index contributed by atoms with van der Waals surface area (Å²) in [5.41, 5.74) is 2.27. The van der Waals surface area contributed by atoms with Crippen LogP contribution in [0, 0.1) is 11.3 Å². The van der Waals surface area contributed by atoms with Crippen LogP contribution in [-0.4, -0.2) is 34.6 Å². The summed E-state index contributed by atoms with van der Waals surface area (Å²) < 4.78 is 0. The van der Waals surface area contributed by atoms with Gasteiger partial charge in [-0.15, -0.1) is 0 Å². The molecule has 1 aliphatic heterocycles. The van der Waals surface area contributed by atoms with Gasteiger partial charge in [-0.1, -0.05) is 75.9 Å². The summed E-state index contributed by atoms with van der Waals surface area (Å²) in [7, 11) is 0. The molecular weight excluding hydrogens is 529 g/mol. The van der Waals surface area contributed by atoms with Crippen molar-refractivity contribution in [3.05, 3.63) is 69.2 Å². The molecule has 0 bridgehead atoms. The Morgan fingerprint density at radius 2 is 1.69 bits per heavy atom. The molecule has 1 atom stereocenters. The summed E-state index contributed by atoms with van der Waals surface area (Å²) in [4.78, 5) is 33.8. The van der Waals surface area contributed by atoms with Crippen LogP contribution in [0.1, 0.15) is 107 Å². The number of aliphatic imine (C=N–C) groups is 1. The highest BCUT2D eigenvalue weighted by atomic mass is 35.5. The van der Waals surface area contributed by atoms with Crippen molar-refractivity contribution in [1.82, 2.24) is 10.2 Å². The molecule has 0 aromatic heterocycles. The molecule has 5 nitrogen and oxygen atoms in total. The van der Waals surface area contributed by atoms with Crippen LogP contribution in [0.2, 0.25) is 10.0 Å². The number of hydrogen-bond donors (Lipinski definition) is 1. The van der Waals surface area contributed by atoms with Gasteiger partial charge in [-0.3, -0.25) is 14.6 Å². The van der Waals surface area contributed by atoms with Crippen molar-refractivity contribution in [3.63, 3.8) is 0 Å². The monoisotopic (exact) mass is 569 g/mol. The fourth-order valence-corrected chi connectivity index (χ4v) is 6.59. The van der Waals surface area contributed by atoms with Crippen LogP contribution < -0.4 is 5.32 Å². The van der Waals surface area contributed by atoms with Gasteiger partial charge in [0, 0.05) is 27.7 Å². The van der Waals surface area contributed by atoms with Crippen molar-refractivity contribution in [2.75, 3.05) is 6.54 Å². The van der Waals surface area contributed by atoms with E-state index in [1.54, 1.807) is 18.2 Å². The van der Waals surface area contributed by atoms with Gasteiger partial charge in [0.15, 0.2) is 0 Å². The average molecular weight is 571 g/mol. The molecule has 210 valence electrons. The molecule has 0 radical (unpaired) electrons. The Labute approximate surface area is 243 Å². The molecule has 2 amide bonds. The van der Waals surface area contributed by atoms with Crippen molar-refractivity contribution >= 4 is 40.7 Å². The summed E-state index contributed by atoms with van der Waals surface area (Å²) in [5.74, 6) is 0.404. The Bertz CT molecular complexity index is 1200. The van der Waals surface area contributed by atoms with Gasteiger partial charge in [0.05, 0.1) is 6.04 Å². The summed E-state index contributed by atoms with van der Waals surface area (Å²) in [6.45, 7) is 11.8. The van der Waals surface area contributed by atoms with Crippen LogP contribution in [0.15, 0.2) is 47.5 Å². The zero-order valence-corrected chi connectivity index (χ0v) is 25.3. The number of hydrogen-bond acceptors (Lipinski definition) is 3. The smallest absolute Gasteiger partial charge is 0.275 e. The lowest BCUT2D eigenvalue weighted by Gasteiger charge is -2.46. The third-order valence-corrected chi connectivity index (χ3v) is 8.88. The number of carbonyl (C=O) groups is 2. The zero-order chi connectivity index (χ0) is 28.4. The Morgan fingerprint density at radius 3 is 2.26 bits per heavy atom. The highest BCUT2D eigenvalue weighted by Gasteiger charge is 2.52. The average Bonchev–Trinajstić information content (AvgIpc) is 3.16. The van der Waals surface area contributed by atoms with Crippen LogP contribution in [0.25, 0.3) is 0 Å². The minimum Gasteiger partial charge on any atom is -0.352 e. The summed E-state index contributed by atoms with van der Waals surface area (Å²) in [6.07, 6.45) is 6.82. The standard InChI is InChI=1S/C32H41Cl2N3O2/c1-6-7-8-17-35-29(38)23-11-9-22(10-12-23)21(2)37-30(39)28(24-18-26(33)20-27(34)19-24)36-32(37)15-13-25(14-16-32)31(3,4)5/h9-12,18-21,25H,6-8,13-17H2,1-5H3,(H,35,38). The van der Waals surface area contributed by atoms with Crippen molar-refractivity contribution < 1.29 is 9.59 Å². The van der Waals surface area contributed by atoms with Crippen molar-refractivity contribution in [2.45, 2.75) is 91.3 Å². The third-order valence-electron chi connectivity index (χ3n) is 8.45. The topological polar surface area (TPSA) is 61.8 Å². The second-order valence-electron chi connectivity index (χ2n) is 12.2. The third kappa shape index (κ3) is 6.52. The lowest BCUT2D eigenvalue weighted by molar-refractivity contribution is -0.132. The van der Waals surface area contributed by atoms with Gasteiger partial charge in [0.1, 0.15) is 11.4 Å². The molecular formula is C32H41Cl2N3O2. The van der Waals surface area contributed by atoms with Gasteiger partial charge in [0.25, 0.3) is 11.8 Å². The van der Waals surface area contributed by atoms with Crippen LogP contribution in [0.4, 0.5) is 0 Å². The maximum Gasteiger partial charge on any atom is 0.275 e. The molecule has 1 heterocycles. The Hall–Kier alpha value is -2.37. The molecule has 1 aliphatic carbocycles. The van der Waals surface area contributed by atoms with E-state index in [1.807, 2.05) is 29.2 Å². The van der Waals surface area contributed by atoms with E-state index in [1.165, 1.54) is 0 Å². The maximum atomic E-state index is 14.1. The van der Waals surface area contributed by atoms with Crippen molar-refractivity contribution in [2.24, 2.45) is 16.3 Å². The van der Waals surface area contributed by atoms with E-state index in [4.69, 9.17) is 28.2 Å². The fourth-order valence-electron chi connectivity index (χ4n) is 6.07. The second kappa shape index (κ2) is 12.0. The molecule has 1 saturated carbocycles. The molecule has 1 fully saturated rings. The highest BCUT2D eigenvalue weighted by molar-refractivity contribution is 6.47. The maximum absolute atomic E-state index is 14.1. The number of nitrogens with zero attached hydrogens (tertiary/aromatic N) is 2. The van der Waals surface area contributed by atoms with Gasteiger partial charge >= 0.3 is 0 Å². The van der Waals surface area contributed by atoms with E-state index in [-0.39, 0.29) is 23.3 Å². The molecule has 2 aromatic carbocycles. The van der Waals surface area contributed by atoms with Crippen LogP contribution in [-0.2, 0) is 4.79 Å². The number of carbonyl (C=O) groups excluding carboxylic acids is 2. The van der Waals surface area contributed by atoms with E-state index in [2.05, 4.69) is 39.9 Å². The molecule has 1 N–H and O–H groups in total. The molecule has 1 unspecified atom stereocenters. The first-order chi connectivity index (χ1) is 18.4. The number of amides is 2. The first-order valence-electron chi connectivity index (χ1n) is 14.2. The Kier molecular flexibility index (Phi) is 9.12. The van der Waals surface area contributed by atoms with Gasteiger partial charge in [-0.05, 0) is 86.3 Å². The van der Waals surface area contributed by atoms with E-state index >= 15 is 0 Å². The van der Waals surface area contributed by atoms with Gasteiger partial charge in [-0.2, -0.15) is 0 Å². The predicted octanol–water partition coefficient (Wildman–Crippen LogP) is 8.24. The molecule has 39 heavy (non-hydrogen) atoms.